The summed E-state index contributed by atoms with van der Waals surface area (Å²) >= 11 is 0. The average molecular weight is 486 g/mol. The summed E-state index contributed by atoms with van der Waals surface area (Å²) in [5, 5.41) is 6.91. The second-order valence-electron chi connectivity index (χ2n) is 6.95. The van der Waals surface area contributed by atoms with Crippen molar-refractivity contribution in [3.63, 3.8) is 0 Å². The maximum Gasteiger partial charge on any atom is 0.191 e. The van der Waals surface area contributed by atoms with Gasteiger partial charge in [0.05, 0.1) is 19.8 Å². The van der Waals surface area contributed by atoms with Gasteiger partial charge in [0.2, 0.25) is 0 Å². The summed E-state index contributed by atoms with van der Waals surface area (Å²) in [5.41, 5.74) is 2.44. The van der Waals surface area contributed by atoms with Crippen molar-refractivity contribution >= 4 is 29.9 Å². The molecule has 0 bridgehead atoms. The van der Waals surface area contributed by atoms with Crippen molar-refractivity contribution in [3.05, 3.63) is 48.0 Å². The van der Waals surface area contributed by atoms with Crippen LogP contribution in [0.25, 0.3) is 0 Å². The Labute approximate surface area is 181 Å². The Morgan fingerprint density at radius 1 is 1.26 bits per heavy atom. The van der Waals surface area contributed by atoms with Crippen LogP contribution in [0.2, 0.25) is 0 Å². The molecule has 6 heteroatoms. The first-order chi connectivity index (χ1) is 12.7. The topological polar surface area (TPSA) is 48.9 Å². The standard InChI is InChI=1S/C21H34N4O.HI/c1-4-22-21(23-12-15-26-17-19-8-6-5-7-9-19)24-20-10-13-25(14-11-20)16-18(2)3;/h5-9,20H,2,4,10-17H2,1,3H3,(H2,22,23,24);1H. The molecule has 27 heavy (non-hydrogen) atoms. The Morgan fingerprint density at radius 2 is 1.96 bits per heavy atom. The van der Waals surface area contributed by atoms with E-state index in [4.69, 9.17) is 4.74 Å². The first-order valence-corrected chi connectivity index (χ1v) is 9.70. The molecule has 1 aromatic rings. The van der Waals surface area contributed by atoms with E-state index in [0.717, 1.165) is 45.0 Å². The quantitative estimate of drug-likeness (QED) is 0.185. The number of benzene rings is 1. The molecule has 0 atom stereocenters. The molecule has 0 radical (unpaired) electrons. The molecule has 5 nitrogen and oxygen atoms in total. The van der Waals surface area contributed by atoms with Gasteiger partial charge in [0.1, 0.15) is 0 Å². The molecule has 0 unspecified atom stereocenters. The summed E-state index contributed by atoms with van der Waals surface area (Å²) in [6.45, 7) is 14.2. The van der Waals surface area contributed by atoms with Crippen LogP contribution in [0.3, 0.4) is 0 Å². The molecular weight excluding hydrogens is 451 g/mol. The predicted octanol–water partition coefficient (Wildman–Crippen LogP) is 3.42. The van der Waals surface area contributed by atoms with E-state index in [1.165, 1.54) is 11.1 Å². The zero-order valence-corrected chi connectivity index (χ0v) is 19.1. The molecule has 0 saturated carbocycles. The van der Waals surface area contributed by atoms with Crippen LogP contribution in [0.1, 0.15) is 32.3 Å². The van der Waals surface area contributed by atoms with E-state index in [9.17, 15) is 0 Å². The van der Waals surface area contributed by atoms with Crippen LogP contribution < -0.4 is 10.6 Å². The summed E-state index contributed by atoms with van der Waals surface area (Å²) in [5.74, 6) is 0.897. The van der Waals surface area contributed by atoms with Gasteiger partial charge in [-0.25, -0.2) is 0 Å². The largest absolute Gasteiger partial charge is 0.375 e. The van der Waals surface area contributed by atoms with Crippen molar-refractivity contribution in [2.75, 3.05) is 39.3 Å². The van der Waals surface area contributed by atoms with Crippen LogP contribution in [-0.2, 0) is 11.3 Å². The van der Waals surface area contributed by atoms with E-state index < -0.39 is 0 Å². The summed E-state index contributed by atoms with van der Waals surface area (Å²) in [4.78, 5) is 7.12. The molecule has 1 heterocycles. The fraction of sp³-hybridized carbons (Fsp3) is 0.571. The lowest BCUT2D eigenvalue weighted by molar-refractivity contribution is 0.128. The van der Waals surface area contributed by atoms with Gasteiger partial charge in [0.25, 0.3) is 0 Å². The van der Waals surface area contributed by atoms with Crippen molar-refractivity contribution in [1.29, 1.82) is 0 Å². The van der Waals surface area contributed by atoms with Gasteiger partial charge in [-0.3, -0.25) is 9.89 Å². The lowest BCUT2D eigenvalue weighted by atomic mass is 10.0. The molecular formula is C21H35IN4O. The third-order valence-corrected chi connectivity index (χ3v) is 4.38. The highest BCUT2D eigenvalue weighted by Gasteiger charge is 2.19. The fourth-order valence-corrected chi connectivity index (χ4v) is 3.12. The van der Waals surface area contributed by atoms with Gasteiger partial charge in [-0.1, -0.05) is 42.5 Å². The molecule has 0 aromatic heterocycles. The minimum absolute atomic E-state index is 0. The van der Waals surface area contributed by atoms with Gasteiger partial charge in [0, 0.05) is 32.2 Å². The number of nitrogens with zero attached hydrogens (tertiary/aromatic N) is 2. The first-order valence-electron chi connectivity index (χ1n) is 9.70. The Balaban J connectivity index is 0.00000364. The second-order valence-corrected chi connectivity index (χ2v) is 6.95. The van der Waals surface area contributed by atoms with Gasteiger partial charge in [-0.15, -0.1) is 24.0 Å². The normalized spacial score (nSPS) is 15.9. The summed E-state index contributed by atoms with van der Waals surface area (Å²) in [6, 6.07) is 10.7. The number of aliphatic imine (C=N–C) groups is 1. The molecule has 2 rings (SSSR count). The third kappa shape index (κ3) is 10.1. The van der Waals surface area contributed by atoms with E-state index >= 15 is 0 Å². The highest BCUT2D eigenvalue weighted by molar-refractivity contribution is 14.0. The van der Waals surface area contributed by atoms with Crippen LogP contribution in [0.5, 0.6) is 0 Å². The Hall–Kier alpha value is -1.12. The zero-order valence-electron chi connectivity index (χ0n) is 16.7. The molecule has 1 aliphatic rings. The fourth-order valence-electron chi connectivity index (χ4n) is 3.12. The van der Waals surface area contributed by atoms with Crippen molar-refractivity contribution in [3.8, 4) is 0 Å². The minimum Gasteiger partial charge on any atom is -0.375 e. The van der Waals surface area contributed by atoms with E-state index in [2.05, 4.69) is 53.1 Å². The van der Waals surface area contributed by atoms with Crippen molar-refractivity contribution in [1.82, 2.24) is 15.5 Å². The lowest BCUT2D eigenvalue weighted by Gasteiger charge is -2.33. The molecule has 0 amide bonds. The highest BCUT2D eigenvalue weighted by atomic mass is 127. The molecule has 2 N–H and O–H groups in total. The molecule has 0 aliphatic carbocycles. The van der Waals surface area contributed by atoms with E-state index in [-0.39, 0.29) is 24.0 Å². The number of hydrogen-bond donors (Lipinski definition) is 2. The molecule has 152 valence electrons. The molecule has 1 fully saturated rings. The van der Waals surface area contributed by atoms with E-state index in [1.54, 1.807) is 0 Å². The number of halogens is 1. The average Bonchev–Trinajstić information content (AvgIpc) is 2.63. The lowest BCUT2D eigenvalue weighted by Crippen LogP contribution is -2.49. The predicted molar refractivity (Wildman–Crippen MR) is 125 cm³/mol. The van der Waals surface area contributed by atoms with Crippen molar-refractivity contribution in [2.45, 2.75) is 39.3 Å². The molecule has 1 saturated heterocycles. The van der Waals surface area contributed by atoms with Crippen LogP contribution in [0.15, 0.2) is 47.5 Å². The van der Waals surface area contributed by atoms with Crippen LogP contribution in [0.4, 0.5) is 0 Å². The Morgan fingerprint density at radius 3 is 2.59 bits per heavy atom. The number of rotatable bonds is 9. The number of nitrogens with one attached hydrogen (secondary N) is 2. The van der Waals surface area contributed by atoms with Gasteiger partial charge in [-0.05, 0) is 32.3 Å². The van der Waals surface area contributed by atoms with Crippen LogP contribution in [0, 0.1) is 0 Å². The summed E-state index contributed by atoms with van der Waals surface area (Å²) in [7, 11) is 0. The number of piperidine rings is 1. The smallest absolute Gasteiger partial charge is 0.191 e. The Bertz CT molecular complexity index is 557. The third-order valence-electron chi connectivity index (χ3n) is 4.38. The van der Waals surface area contributed by atoms with Crippen molar-refractivity contribution < 1.29 is 4.74 Å². The summed E-state index contributed by atoms with van der Waals surface area (Å²) in [6.07, 6.45) is 2.28. The van der Waals surface area contributed by atoms with Crippen molar-refractivity contribution in [2.24, 2.45) is 4.99 Å². The zero-order chi connectivity index (χ0) is 18.6. The van der Waals surface area contributed by atoms with Crippen LogP contribution in [-0.4, -0.2) is 56.2 Å². The van der Waals surface area contributed by atoms with Gasteiger partial charge in [0.15, 0.2) is 5.96 Å². The highest BCUT2D eigenvalue weighted by Crippen LogP contribution is 2.11. The van der Waals surface area contributed by atoms with Gasteiger partial charge >= 0.3 is 0 Å². The van der Waals surface area contributed by atoms with Crippen LogP contribution >= 0.6 is 24.0 Å². The molecule has 1 aromatic carbocycles. The number of hydrogen-bond acceptors (Lipinski definition) is 3. The summed E-state index contributed by atoms with van der Waals surface area (Å²) < 4.78 is 5.71. The molecule has 0 spiro atoms. The SMILES string of the molecule is C=C(C)CN1CCC(NC(=NCCOCc2ccccc2)NCC)CC1.I. The second kappa shape index (κ2) is 14.0. The first kappa shape index (κ1) is 23.9. The molecule has 1 aliphatic heterocycles. The maximum atomic E-state index is 5.71. The van der Waals surface area contributed by atoms with Gasteiger partial charge in [-0.2, -0.15) is 0 Å². The number of ether oxygens (including phenoxy) is 1. The van der Waals surface area contributed by atoms with E-state index in [0.29, 0.717) is 25.8 Å². The number of likely N-dealkylation sites (tertiary alicyclic amines) is 1. The Kier molecular flexibility index (Phi) is 12.4. The van der Waals surface area contributed by atoms with Gasteiger partial charge < -0.3 is 15.4 Å². The number of guanidine groups is 1. The van der Waals surface area contributed by atoms with E-state index in [1.807, 2.05) is 18.2 Å². The maximum absolute atomic E-state index is 5.71. The monoisotopic (exact) mass is 486 g/mol. The minimum atomic E-state index is 0.